The van der Waals surface area contributed by atoms with Crippen LogP contribution in [-0.2, 0) is 14.3 Å². The minimum atomic E-state index is -0.151. The number of hydrogen-bond donors (Lipinski definition) is 1. The van der Waals surface area contributed by atoms with Crippen LogP contribution < -0.4 is 4.74 Å². The molecule has 5 nitrogen and oxygen atoms in total. The van der Waals surface area contributed by atoms with Crippen molar-refractivity contribution in [3.63, 3.8) is 0 Å². The summed E-state index contributed by atoms with van der Waals surface area (Å²) in [5.74, 6) is 1.58. The Hall–Kier alpha value is -1.08. The minimum absolute atomic E-state index is 0.117. The van der Waals surface area contributed by atoms with E-state index in [9.17, 15) is 4.79 Å². The Morgan fingerprint density at radius 2 is 1.92 bits per heavy atom. The molecule has 1 aromatic rings. The number of carbonyl (C=O) groups is 1. The van der Waals surface area contributed by atoms with Crippen LogP contribution in [0.2, 0.25) is 0 Å². The van der Waals surface area contributed by atoms with E-state index in [1.54, 1.807) is 11.8 Å². The summed E-state index contributed by atoms with van der Waals surface area (Å²) in [6.45, 7) is 2.21. The predicted octanol–water partition coefficient (Wildman–Crippen LogP) is 3.79. The van der Waals surface area contributed by atoms with Gasteiger partial charge < -0.3 is 24.1 Å². The minimum Gasteiger partial charge on any atom is -0.465 e. The van der Waals surface area contributed by atoms with Crippen LogP contribution in [0.25, 0.3) is 0 Å². The summed E-state index contributed by atoms with van der Waals surface area (Å²) < 4.78 is 16.9. The van der Waals surface area contributed by atoms with Gasteiger partial charge in [0.25, 0.3) is 0 Å². The standard InChI is InChI=1S/C13H18O3S.C7H12O2/c14-9-10-17-13-8-4-7-12(16-13)15-11-5-2-1-3-6-11;1-6-3-2-4-7(5-8)9-6/h1-3,5-6,12-14H,4,7-10H2;5-7H,2-4H2,1H3. The molecule has 1 aromatic carbocycles. The second kappa shape index (κ2) is 12.3. The molecule has 4 atom stereocenters. The highest BCUT2D eigenvalue weighted by molar-refractivity contribution is 7.99. The Bertz CT molecular complexity index is 498. The monoisotopic (exact) mass is 382 g/mol. The lowest BCUT2D eigenvalue weighted by molar-refractivity contribution is -0.125. The molecule has 3 rings (SSSR count). The van der Waals surface area contributed by atoms with Crippen molar-refractivity contribution in [2.24, 2.45) is 0 Å². The number of aldehydes is 1. The first-order valence-electron chi connectivity index (χ1n) is 9.41. The molecular formula is C20H30O5S. The molecule has 0 bridgehead atoms. The molecule has 26 heavy (non-hydrogen) atoms. The largest absolute Gasteiger partial charge is 0.465 e. The van der Waals surface area contributed by atoms with Crippen molar-refractivity contribution in [1.29, 1.82) is 0 Å². The Morgan fingerprint density at radius 3 is 2.58 bits per heavy atom. The number of aliphatic hydroxyl groups is 1. The number of carbonyl (C=O) groups excluding carboxylic acids is 1. The molecule has 2 saturated heterocycles. The Morgan fingerprint density at radius 1 is 1.15 bits per heavy atom. The number of thioether (sulfide) groups is 1. The number of aliphatic hydroxyl groups excluding tert-OH is 1. The Balaban J connectivity index is 0.000000228. The van der Waals surface area contributed by atoms with Crippen LogP contribution >= 0.6 is 11.8 Å². The predicted molar refractivity (Wildman–Crippen MR) is 103 cm³/mol. The fourth-order valence-electron chi connectivity index (χ4n) is 2.94. The van der Waals surface area contributed by atoms with Gasteiger partial charge in [-0.25, -0.2) is 0 Å². The molecule has 2 aliphatic rings. The summed E-state index contributed by atoms with van der Waals surface area (Å²) in [5, 5.41) is 8.79. The average molecular weight is 383 g/mol. The van der Waals surface area contributed by atoms with Crippen LogP contribution in [0.5, 0.6) is 5.75 Å². The van der Waals surface area contributed by atoms with Gasteiger partial charge in [0.15, 0.2) is 0 Å². The van der Waals surface area contributed by atoms with Crippen molar-refractivity contribution >= 4 is 18.0 Å². The summed E-state index contributed by atoms with van der Waals surface area (Å²) in [7, 11) is 0. The molecule has 0 amide bonds. The van der Waals surface area contributed by atoms with E-state index >= 15 is 0 Å². The summed E-state index contributed by atoms with van der Waals surface area (Å²) in [6.07, 6.45) is 7.15. The van der Waals surface area contributed by atoms with E-state index in [0.717, 1.165) is 56.3 Å². The molecule has 4 unspecified atom stereocenters. The average Bonchev–Trinajstić information content (AvgIpc) is 2.68. The molecule has 6 heteroatoms. The molecule has 146 valence electrons. The molecule has 0 saturated carbocycles. The SMILES string of the molecule is CC1CCCC(C=O)O1.OCCSC1CCCC(Oc2ccccc2)O1. The van der Waals surface area contributed by atoms with Gasteiger partial charge in [-0.1, -0.05) is 18.2 Å². The number of ether oxygens (including phenoxy) is 3. The van der Waals surface area contributed by atoms with Gasteiger partial charge in [0.2, 0.25) is 6.29 Å². The van der Waals surface area contributed by atoms with Gasteiger partial charge in [0.05, 0.1) is 12.7 Å². The van der Waals surface area contributed by atoms with E-state index in [0.29, 0.717) is 0 Å². The summed E-state index contributed by atoms with van der Waals surface area (Å²) in [5.41, 5.74) is 0.157. The fraction of sp³-hybridized carbons (Fsp3) is 0.650. The topological polar surface area (TPSA) is 65.0 Å². The van der Waals surface area contributed by atoms with Crippen LogP contribution in [0.15, 0.2) is 30.3 Å². The lowest BCUT2D eigenvalue weighted by Crippen LogP contribution is -2.30. The van der Waals surface area contributed by atoms with Crippen molar-refractivity contribution in [2.75, 3.05) is 12.4 Å². The van der Waals surface area contributed by atoms with Crippen LogP contribution in [0.1, 0.15) is 45.4 Å². The zero-order valence-electron chi connectivity index (χ0n) is 15.4. The highest BCUT2D eigenvalue weighted by Crippen LogP contribution is 2.28. The second-order valence-corrected chi connectivity index (χ2v) is 7.77. The summed E-state index contributed by atoms with van der Waals surface area (Å²) in [6, 6.07) is 9.75. The van der Waals surface area contributed by atoms with E-state index in [1.807, 2.05) is 37.3 Å². The number of rotatable bonds is 6. The molecular weight excluding hydrogens is 352 g/mol. The van der Waals surface area contributed by atoms with Crippen molar-refractivity contribution in [2.45, 2.75) is 69.4 Å². The van der Waals surface area contributed by atoms with Crippen LogP contribution in [0.4, 0.5) is 0 Å². The molecule has 1 N–H and O–H groups in total. The maximum atomic E-state index is 10.2. The van der Waals surface area contributed by atoms with E-state index in [2.05, 4.69) is 0 Å². The molecule has 2 heterocycles. The fourth-order valence-corrected chi connectivity index (χ4v) is 3.85. The first-order chi connectivity index (χ1) is 12.7. The molecule has 2 aliphatic heterocycles. The van der Waals surface area contributed by atoms with Gasteiger partial charge in [-0.2, -0.15) is 0 Å². The van der Waals surface area contributed by atoms with Gasteiger partial charge >= 0.3 is 0 Å². The maximum Gasteiger partial charge on any atom is 0.201 e. The zero-order chi connectivity index (χ0) is 18.6. The van der Waals surface area contributed by atoms with Crippen molar-refractivity contribution in [1.82, 2.24) is 0 Å². The lowest BCUT2D eigenvalue weighted by Gasteiger charge is -2.29. The third-order valence-electron chi connectivity index (χ3n) is 4.25. The smallest absolute Gasteiger partial charge is 0.201 e. The first kappa shape index (κ1) is 21.2. The third-order valence-corrected chi connectivity index (χ3v) is 5.38. The number of hydrogen-bond acceptors (Lipinski definition) is 6. The normalized spacial score (nSPS) is 28.5. The van der Waals surface area contributed by atoms with Crippen molar-refractivity contribution in [3.8, 4) is 5.75 Å². The zero-order valence-corrected chi connectivity index (χ0v) is 16.2. The second-order valence-electron chi connectivity index (χ2n) is 6.50. The van der Waals surface area contributed by atoms with Gasteiger partial charge in [-0.05, 0) is 51.2 Å². The van der Waals surface area contributed by atoms with Gasteiger partial charge in [0, 0.05) is 12.2 Å². The number of para-hydroxylation sites is 1. The molecule has 0 spiro atoms. The molecule has 2 fully saturated rings. The highest BCUT2D eigenvalue weighted by atomic mass is 32.2. The number of benzene rings is 1. The van der Waals surface area contributed by atoms with Gasteiger partial charge in [-0.3, -0.25) is 0 Å². The van der Waals surface area contributed by atoms with Crippen LogP contribution in [0, 0.1) is 0 Å². The first-order valence-corrected chi connectivity index (χ1v) is 10.5. The van der Waals surface area contributed by atoms with Gasteiger partial charge in [-0.15, -0.1) is 11.8 Å². The molecule has 0 aromatic heterocycles. The van der Waals surface area contributed by atoms with Crippen molar-refractivity contribution in [3.05, 3.63) is 30.3 Å². The quantitative estimate of drug-likeness (QED) is 0.755. The molecule has 0 aliphatic carbocycles. The Labute approximate surface area is 160 Å². The van der Waals surface area contributed by atoms with E-state index in [-0.39, 0.29) is 30.5 Å². The third kappa shape index (κ3) is 8.08. The summed E-state index contributed by atoms with van der Waals surface area (Å²) >= 11 is 1.66. The van der Waals surface area contributed by atoms with E-state index in [1.165, 1.54) is 0 Å². The van der Waals surface area contributed by atoms with E-state index < -0.39 is 0 Å². The molecule has 0 radical (unpaired) electrons. The van der Waals surface area contributed by atoms with Crippen LogP contribution in [-0.4, -0.2) is 47.7 Å². The highest BCUT2D eigenvalue weighted by Gasteiger charge is 2.23. The Kier molecular flexibility index (Phi) is 10.1. The van der Waals surface area contributed by atoms with Crippen molar-refractivity contribution < 1.29 is 24.1 Å². The van der Waals surface area contributed by atoms with Gasteiger partial charge in [0.1, 0.15) is 23.6 Å². The summed E-state index contributed by atoms with van der Waals surface area (Å²) in [4.78, 5) is 10.2. The lowest BCUT2D eigenvalue weighted by atomic mass is 10.1. The van der Waals surface area contributed by atoms with E-state index in [4.69, 9.17) is 19.3 Å². The van der Waals surface area contributed by atoms with Crippen LogP contribution in [0.3, 0.4) is 0 Å². The maximum absolute atomic E-state index is 10.2.